The zero-order chi connectivity index (χ0) is 22.2. The van der Waals surface area contributed by atoms with Crippen LogP contribution in [0.4, 0.5) is 10.7 Å². The van der Waals surface area contributed by atoms with Crippen molar-refractivity contribution in [3.63, 3.8) is 0 Å². The lowest BCUT2D eigenvalue weighted by Gasteiger charge is -2.19. The Morgan fingerprint density at radius 3 is 2.35 bits per heavy atom. The first kappa shape index (κ1) is 23.0. The van der Waals surface area contributed by atoms with Gasteiger partial charge in [-0.3, -0.25) is 14.5 Å². The summed E-state index contributed by atoms with van der Waals surface area (Å²) in [6, 6.07) is 9.07. The van der Waals surface area contributed by atoms with Crippen LogP contribution < -0.4 is 10.6 Å². The lowest BCUT2D eigenvalue weighted by Crippen LogP contribution is -2.34. The number of benzene rings is 1. The van der Waals surface area contributed by atoms with Gasteiger partial charge >= 0.3 is 5.97 Å². The SMILES string of the molecule is CCOC(=O)c1sc(NC(=O)CN2CCCCCC2)c(C(=O)Nc2ccccc2)c1C. The molecule has 1 fully saturated rings. The predicted molar refractivity (Wildman–Crippen MR) is 123 cm³/mol. The van der Waals surface area contributed by atoms with Gasteiger partial charge in [-0.05, 0) is 57.5 Å². The van der Waals surface area contributed by atoms with E-state index in [2.05, 4.69) is 15.5 Å². The van der Waals surface area contributed by atoms with Crippen LogP contribution in [0.2, 0.25) is 0 Å². The maximum Gasteiger partial charge on any atom is 0.348 e. The second-order valence-electron chi connectivity index (χ2n) is 7.54. The van der Waals surface area contributed by atoms with Crippen LogP contribution in [0.5, 0.6) is 0 Å². The van der Waals surface area contributed by atoms with E-state index in [0.29, 0.717) is 26.7 Å². The Bertz CT molecular complexity index is 918. The number of nitrogens with one attached hydrogen (secondary N) is 2. The van der Waals surface area contributed by atoms with E-state index < -0.39 is 5.97 Å². The van der Waals surface area contributed by atoms with Gasteiger partial charge in [-0.2, -0.15) is 0 Å². The first-order valence-electron chi connectivity index (χ1n) is 10.7. The number of hydrogen-bond acceptors (Lipinski definition) is 6. The molecule has 0 radical (unpaired) electrons. The summed E-state index contributed by atoms with van der Waals surface area (Å²) in [5.74, 6) is -1.06. The number of carbonyl (C=O) groups is 3. The number of ether oxygens (including phenoxy) is 1. The van der Waals surface area contributed by atoms with Crippen molar-refractivity contribution in [2.24, 2.45) is 0 Å². The average molecular weight is 444 g/mol. The lowest BCUT2D eigenvalue weighted by molar-refractivity contribution is -0.117. The van der Waals surface area contributed by atoms with Crippen LogP contribution in [0.1, 0.15) is 58.2 Å². The minimum Gasteiger partial charge on any atom is -0.462 e. The van der Waals surface area contributed by atoms with Crippen molar-refractivity contribution in [2.75, 3.05) is 36.9 Å². The highest BCUT2D eigenvalue weighted by atomic mass is 32.1. The van der Waals surface area contributed by atoms with Crippen LogP contribution in [-0.2, 0) is 9.53 Å². The number of nitrogens with zero attached hydrogens (tertiary/aromatic N) is 1. The Hall–Kier alpha value is -2.71. The molecule has 7 nitrogen and oxygen atoms in total. The minimum absolute atomic E-state index is 0.188. The Kier molecular flexibility index (Phi) is 8.20. The van der Waals surface area contributed by atoms with Crippen LogP contribution in [0.3, 0.4) is 0 Å². The summed E-state index contributed by atoms with van der Waals surface area (Å²) in [6.45, 7) is 5.73. The first-order valence-corrected chi connectivity index (χ1v) is 11.5. The molecule has 0 saturated carbocycles. The van der Waals surface area contributed by atoms with E-state index in [-0.39, 0.29) is 25.0 Å². The largest absolute Gasteiger partial charge is 0.462 e. The number of anilines is 2. The number of esters is 1. The molecule has 1 saturated heterocycles. The van der Waals surface area contributed by atoms with E-state index in [4.69, 9.17) is 4.74 Å². The van der Waals surface area contributed by atoms with Crippen LogP contribution in [0.15, 0.2) is 30.3 Å². The van der Waals surface area contributed by atoms with Crippen molar-refractivity contribution < 1.29 is 19.1 Å². The third kappa shape index (κ3) is 6.15. The molecule has 2 aromatic rings. The molecule has 1 aromatic heterocycles. The normalized spacial score (nSPS) is 14.5. The molecule has 1 aliphatic rings. The Balaban J connectivity index is 1.82. The molecule has 2 amide bonds. The molecule has 0 bridgehead atoms. The quantitative estimate of drug-likeness (QED) is 0.623. The van der Waals surface area contributed by atoms with Crippen LogP contribution >= 0.6 is 11.3 Å². The molecule has 0 unspecified atom stereocenters. The summed E-state index contributed by atoms with van der Waals surface area (Å²) in [5, 5.41) is 6.08. The smallest absolute Gasteiger partial charge is 0.348 e. The second-order valence-corrected chi connectivity index (χ2v) is 8.56. The number of likely N-dealkylation sites (tertiary alicyclic amines) is 1. The predicted octanol–water partition coefficient (Wildman–Crippen LogP) is 4.30. The average Bonchev–Trinajstić information content (AvgIpc) is 2.89. The lowest BCUT2D eigenvalue weighted by atomic mass is 10.1. The summed E-state index contributed by atoms with van der Waals surface area (Å²) >= 11 is 1.08. The van der Waals surface area contributed by atoms with E-state index in [1.807, 2.05) is 18.2 Å². The molecule has 8 heteroatoms. The summed E-state index contributed by atoms with van der Waals surface area (Å²) in [7, 11) is 0. The monoisotopic (exact) mass is 443 g/mol. The number of carbonyl (C=O) groups excluding carboxylic acids is 3. The highest BCUT2D eigenvalue weighted by molar-refractivity contribution is 7.18. The molecule has 0 aliphatic carbocycles. The van der Waals surface area contributed by atoms with Gasteiger partial charge in [0.05, 0.1) is 18.7 Å². The van der Waals surface area contributed by atoms with Crippen molar-refractivity contribution in [3.05, 3.63) is 46.3 Å². The van der Waals surface area contributed by atoms with Gasteiger partial charge in [0.15, 0.2) is 0 Å². The van der Waals surface area contributed by atoms with Crippen molar-refractivity contribution in [1.82, 2.24) is 4.90 Å². The third-order valence-electron chi connectivity index (χ3n) is 5.19. The molecule has 0 spiro atoms. The molecule has 3 rings (SSSR count). The van der Waals surface area contributed by atoms with E-state index in [9.17, 15) is 14.4 Å². The van der Waals surface area contributed by atoms with Crippen LogP contribution in [0.25, 0.3) is 0 Å². The van der Waals surface area contributed by atoms with Crippen molar-refractivity contribution in [3.8, 4) is 0 Å². The number of amides is 2. The fourth-order valence-corrected chi connectivity index (χ4v) is 4.76. The number of hydrogen-bond donors (Lipinski definition) is 2. The summed E-state index contributed by atoms with van der Waals surface area (Å²) < 4.78 is 5.13. The van der Waals surface area contributed by atoms with E-state index in [0.717, 1.165) is 37.3 Å². The highest BCUT2D eigenvalue weighted by Crippen LogP contribution is 2.34. The summed E-state index contributed by atoms with van der Waals surface area (Å²) in [4.78, 5) is 40.6. The fourth-order valence-electron chi connectivity index (χ4n) is 3.64. The van der Waals surface area contributed by atoms with E-state index in [1.165, 1.54) is 12.8 Å². The van der Waals surface area contributed by atoms with Gasteiger partial charge in [-0.25, -0.2) is 4.79 Å². The van der Waals surface area contributed by atoms with Gasteiger partial charge in [0.2, 0.25) is 5.91 Å². The highest BCUT2D eigenvalue weighted by Gasteiger charge is 2.27. The molecular formula is C23H29N3O4S. The molecular weight excluding hydrogens is 414 g/mol. The van der Waals surface area contributed by atoms with Gasteiger partial charge in [-0.1, -0.05) is 31.0 Å². The van der Waals surface area contributed by atoms with Gasteiger partial charge in [0.1, 0.15) is 9.88 Å². The Morgan fingerprint density at radius 1 is 1.03 bits per heavy atom. The van der Waals surface area contributed by atoms with Crippen molar-refractivity contribution in [2.45, 2.75) is 39.5 Å². The summed E-state index contributed by atoms with van der Waals surface area (Å²) in [5.41, 5.74) is 1.43. The third-order valence-corrected chi connectivity index (χ3v) is 6.37. The maximum atomic E-state index is 13.0. The molecule has 1 aromatic carbocycles. The number of para-hydroxylation sites is 1. The standard InChI is InChI=1S/C23H29N3O4S/c1-3-30-23(29)20-16(2)19(21(28)24-17-11-7-6-8-12-17)22(31-20)25-18(27)15-26-13-9-4-5-10-14-26/h6-8,11-12H,3-5,9-10,13-15H2,1-2H3,(H,24,28)(H,25,27). The van der Waals surface area contributed by atoms with Gasteiger partial charge in [0.25, 0.3) is 5.91 Å². The summed E-state index contributed by atoms with van der Waals surface area (Å²) in [6.07, 6.45) is 4.55. The molecule has 0 atom stereocenters. The van der Waals surface area contributed by atoms with Crippen LogP contribution in [-0.4, -0.2) is 48.9 Å². The maximum absolute atomic E-state index is 13.0. The van der Waals surface area contributed by atoms with Crippen molar-refractivity contribution >= 4 is 39.8 Å². The second kappa shape index (κ2) is 11.1. The fraction of sp³-hybridized carbons (Fsp3) is 0.435. The molecule has 2 N–H and O–H groups in total. The van der Waals surface area contributed by atoms with E-state index in [1.54, 1.807) is 26.0 Å². The van der Waals surface area contributed by atoms with Crippen molar-refractivity contribution in [1.29, 1.82) is 0 Å². The Labute approximate surface area is 186 Å². The Morgan fingerprint density at radius 2 is 1.71 bits per heavy atom. The zero-order valence-electron chi connectivity index (χ0n) is 18.0. The number of thiophene rings is 1. The van der Waals surface area contributed by atoms with Crippen LogP contribution in [0, 0.1) is 6.92 Å². The first-order chi connectivity index (χ1) is 15.0. The van der Waals surface area contributed by atoms with Gasteiger partial charge in [0, 0.05) is 5.69 Å². The molecule has 31 heavy (non-hydrogen) atoms. The topological polar surface area (TPSA) is 87.7 Å². The van der Waals surface area contributed by atoms with Gasteiger partial charge in [-0.15, -0.1) is 11.3 Å². The molecule has 166 valence electrons. The molecule has 2 heterocycles. The zero-order valence-corrected chi connectivity index (χ0v) is 18.8. The van der Waals surface area contributed by atoms with Gasteiger partial charge < -0.3 is 15.4 Å². The number of rotatable bonds is 7. The van der Waals surface area contributed by atoms with E-state index >= 15 is 0 Å². The molecule has 1 aliphatic heterocycles. The minimum atomic E-state index is -0.494.